The standard InChI is InChI=1S/C66H41N3OS/c1-3-17-42(18-4-1)67(45-33-36-64-58(39-45)54-26-12-15-29-63(54)70-64)44-31-34-51-48-22-8-10-24-50(48)56-38-46(32-35-52(56)47-21-7-9-23-49(47)55(51)37-44)69-60-28-14-16-30-65(60)71-66-40-57-53-25-11-13-27-59(53)68(61(57)41-62(66)69)43-19-5-2-6-20-43/h1-41H. The molecule has 4 nitrogen and oxygen atoms in total. The Morgan fingerprint density at radius 1 is 0.310 bits per heavy atom. The predicted octanol–water partition coefficient (Wildman–Crippen LogP) is 19.1. The van der Waals surface area contributed by atoms with Gasteiger partial charge in [0.1, 0.15) is 11.2 Å². The second-order valence-corrected chi connectivity index (χ2v) is 19.5. The Bertz CT molecular complexity index is 4280. The van der Waals surface area contributed by atoms with Crippen molar-refractivity contribution in [3.05, 3.63) is 249 Å². The smallest absolute Gasteiger partial charge is 0.135 e. The van der Waals surface area contributed by atoms with Crippen molar-refractivity contribution < 1.29 is 4.42 Å². The van der Waals surface area contributed by atoms with Crippen LogP contribution in [0.2, 0.25) is 0 Å². The minimum Gasteiger partial charge on any atom is -0.456 e. The fraction of sp³-hybridized carbons (Fsp3) is 0. The molecule has 11 aromatic carbocycles. The van der Waals surface area contributed by atoms with Crippen LogP contribution in [0.4, 0.5) is 34.1 Å². The zero-order chi connectivity index (χ0) is 46.6. The summed E-state index contributed by atoms with van der Waals surface area (Å²) < 4.78 is 8.72. The summed E-state index contributed by atoms with van der Waals surface area (Å²) in [6, 6.07) is 90.8. The summed E-state index contributed by atoms with van der Waals surface area (Å²) in [6.45, 7) is 0. The first kappa shape index (κ1) is 39.9. The van der Waals surface area contributed by atoms with Crippen molar-refractivity contribution in [1.29, 1.82) is 0 Å². The number of anilines is 6. The molecule has 5 heteroatoms. The van der Waals surface area contributed by atoms with Crippen LogP contribution in [0, 0.1) is 0 Å². The van der Waals surface area contributed by atoms with Gasteiger partial charge >= 0.3 is 0 Å². The number of rotatable bonds is 5. The highest BCUT2D eigenvalue weighted by Crippen LogP contribution is 2.56. The molecule has 0 unspecified atom stereocenters. The van der Waals surface area contributed by atoms with Gasteiger partial charge in [-0.25, -0.2) is 0 Å². The average Bonchev–Trinajstić information content (AvgIpc) is 3.97. The molecule has 0 bridgehead atoms. The molecule has 0 amide bonds. The van der Waals surface area contributed by atoms with Crippen LogP contribution in [-0.2, 0) is 0 Å². The summed E-state index contributed by atoms with van der Waals surface area (Å²) in [6.07, 6.45) is 0. The van der Waals surface area contributed by atoms with Gasteiger partial charge in [-0.3, -0.25) is 0 Å². The van der Waals surface area contributed by atoms with Crippen LogP contribution in [0.3, 0.4) is 0 Å². The number of nitrogens with zero attached hydrogens (tertiary/aromatic N) is 3. The maximum absolute atomic E-state index is 6.29. The van der Waals surface area contributed by atoms with Crippen LogP contribution in [-0.4, -0.2) is 4.57 Å². The van der Waals surface area contributed by atoms with E-state index in [0.29, 0.717) is 0 Å². The molecule has 332 valence electrons. The van der Waals surface area contributed by atoms with Crippen molar-refractivity contribution in [2.24, 2.45) is 0 Å². The van der Waals surface area contributed by atoms with Crippen LogP contribution >= 0.6 is 11.8 Å². The highest BCUT2D eigenvalue weighted by Gasteiger charge is 2.30. The minimum atomic E-state index is 0.880. The first-order valence-corrected chi connectivity index (χ1v) is 25.0. The summed E-state index contributed by atoms with van der Waals surface area (Å²) in [5.41, 5.74) is 21.5. The van der Waals surface area contributed by atoms with Crippen molar-refractivity contribution in [3.8, 4) is 50.2 Å². The van der Waals surface area contributed by atoms with Gasteiger partial charge < -0.3 is 18.8 Å². The third kappa shape index (κ3) is 6.20. The molecule has 0 saturated heterocycles. The lowest BCUT2D eigenvalue weighted by molar-refractivity contribution is 0.669. The van der Waals surface area contributed by atoms with Gasteiger partial charge in [-0.1, -0.05) is 157 Å². The molecular weight excluding hydrogens is 883 g/mol. The molecule has 0 atom stereocenters. The Balaban J connectivity index is 0.922. The Morgan fingerprint density at radius 3 is 1.68 bits per heavy atom. The number of aromatic nitrogens is 1. The topological polar surface area (TPSA) is 24.6 Å². The third-order valence-corrected chi connectivity index (χ3v) is 15.6. The zero-order valence-corrected chi connectivity index (χ0v) is 39.1. The van der Waals surface area contributed by atoms with E-state index in [1.54, 1.807) is 0 Å². The Morgan fingerprint density at radius 2 is 0.887 bits per heavy atom. The lowest BCUT2D eigenvalue weighted by Crippen LogP contribution is -2.15. The maximum atomic E-state index is 6.29. The molecule has 0 N–H and O–H groups in total. The largest absolute Gasteiger partial charge is 0.456 e. The molecule has 0 fully saturated rings. The van der Waals surface area contributed by atoms with Gasteiger partial charge in [0.2, 0.25) is 0 Å². The summed E-state index contributed by atoms with van der Waals surface area (Å²) in [5, 5.41) is 4.71. The summed E-state index contributed by atoms with van der Waals surface area (Å²) in [5.74, 6) is 0. The van der Waals surface area contributed by atoms with Gasteiger partial charge in [0.25, 0.3) is 0 Å². The number of benzene rings is 11. The van der Waals surface area contributed by atoms with E-state index in [-0.39, 0.29) is 0 Å². The van der Waals surface area contributed by atoms with Crippen LogP contribution in [0.5, 0.6) is 0 Å². The zero-order valence-electron chi connectivity index (χ0n) is 38.3. The second kappa shape index (κ2) is 15.8. The molecule has 1 aliphatic heterocycles. The van der Waals surface area contributed by atoms with E-state index in [4.69, 9.17) is 4.42 Å². The third-order valence-electron chi connectivity index (χ3n) is 14.5. The molecule has 0 spiro atoms. The molecule has 0 radical (unpaired) electrons. The average molecular weight is 924 g/mol. The van der Waals surface area contributed by atoms with E-state index < -0.39 is 0 Å². The van der Waals surface area contributed by atoms with E-state index in [9.17, 15) is 0 Å². The lowest BCUT2D eigenvalue weighted by atomic mass is 9.80. The van der Waals surface area contributed by atoms with Crippen molar-refractivity contribution in [3.63, 3.8) is 0 Å². The lowest BCUT2D eigenvalue weighted by Gasteiger charge is -2.34. The van der Waals surface area contributed by atoms with E-state index >= 15 is 0 Å². The van der Waals surface area contributed by atoms with Crippen molar-refractivity contribution >= 4 is 89.6 Å². The normalized spacial score (nSPS) is 12.4. The van der Waals surface area contributed by atoms with Crippen LogP contribution < -0.4 is 9.80 Å². The highest BCUT2D eigenvalue weighted by atomic mass is 32.2. The monoisotopic (exact) mass is 923 g/mol. The number of furan rings is 1. The van der Waals surface area contributed by atoms with Gasteiger partial charge in [-0.05, 0) is 148 Å². The quantitative estimate of drug-likeness (QED) is 0.172. The van der Waals surface area contributed by atoms with E-state index in [1.165, 1.54) is 87.5 Å². The molecule has 2 aliphatic rings. The molecule has 15 rings (SSSR count). The summed E-state index contributed by atoms with van der Waals surface area (Å²) in [4.78, 5) is 7.32. The van der Waals surface area contributed by atoms with Crippen molar-refractivity contribution in [1.82, 2.24) is 4.57 Å². The van der Waals surface area contributed by atoms with E-state index in [2.05, 4.69) is 251 Å². The molecule has 13 aromatic rings. The first-order valence-electron chi connectivity index (χ1n) is 24.2. The van der Waals surface area contributed by atoms with E-state index in [0.717, 1.165) is 50.4 Å². The van der Waals surface area contributed by atoms with Gasteiger partial charge in [0, 0.05) is 59.8 Å². The van der Waals surface area contributed by atoms with Crippen molar-refractivity contribution in [2.75, 3.05) is 9.80 Å². The summed E-state index contributed by atoms with van der Waals surface area (Å²) >= 11 is 1.86. The molecule has 2 aromatic heterocycles. The number of para-hydroxylation sites is 5. The second-order valence-electron chi connectivity index (χ2n) is 18.4. The Kier molecular flexibility index (Phi) is 8.86. The molecule has 71 heavy (non-hydrogen) atoms. The maximum Gasteiger partial charge on any atom is 0.135 e. The number of hydrogen-bond acceptors (Lipinski definition) is 4. The van der Waals surface area contributed by atoms with Crippen LogP contribution in [0.25, 0.3) is 93.9 Å². The van der Waals surface area contributed by atoms with E-state index in [1.807, 2.05) is 23.9 Å². The Labute approximate surface area is 414 Å². The van der Waals surface area contributed by atoms with Gasteiger partial charge in [0.05, 0.1) is 22.4 Å². The first-order chi connectivity index (χ1) is 35.2. The van der Waals surface area contributed by atoms with Gasteiger partial charge in [-0.2, -0.15) is 0 Å². The molecular formula is C66H41N3OS. The minimum absolute atomic E-state index is 0.880. The van der Waals surface area contributed by atoms with Gasteiger partial charge in [-0.15, -0.1) is 0 Å². The van der Waals surface area contributed by atoms with Crippen molar-refractivity contribution in [2.45, 2.75) is 9.79 Å². The fourth-order valence-electron chi connectivity index (χ4n) is 11.4. The predicted molar refractivity (Wildman–Crippen MR) is 297 cm³/mol. The molecule has 1 aliphatic carbocycles. The number of fused-ring (bicyclic) bond motifs is 16. The van der Waals surface area contributed by atoms with Crippen LogP contribution in [0.15, 0.2) is 263 Å². The Hall–Kier alpha value is -9.03. The number of hydrogen-bond donors (Lipinski definition) is 0. The SMILES string of the molecule is c1ccc(N(c2ccc3c(c2)-c2ccccc2-c2ccc(N4c5ccccc5Sc5cc6c7ccccc7n(-c7ccccc7)c6cc54)cc2-c2ccccc2-3)c2ccc3oc4ccccc4c3c2)cc1. The van der Waals surface area contributed by atoms with Crippen LogP contribution in [0.1, 0.15) is 0 Å². The molecule has 0 saturated carbocycles. The highest BCUT2D eigenvalue weighted by molar-refractivity contribution is 7.99. The van der Waals surface area contributed by atoms with Gasteiger partial charge in [0.15, 0.2) is 0 Å². The fourth-order valence-corrected chi connectivity index (χ4v) is 12.5. The molecule has 3 heterocycles. The summed E-state index contributed by atoms with van der Waals surface area (Å²) in [7, 11) is 0.